The van der Waals surface area contributed by atoms with E-state index in [9.17, 15) is 4.79 Å². The van der Waals surface area contributed by atoms with Gasteiger partial charge in [0.1, 0.15) is 5.84 Å². The second-order valence-corrected chi connectivity index (χ2v) is 4.38. The largest absolute Gasteiger partial charge is 0.409 e. The lowest BCUT2D eigenvalue weighted by atomic mass is 10.1. The zero-order valence-corrected chi connectivity index (χ0v) is 11.7. The van der Waals surface area contributed by atoms with Gasteiger partial charge >= 0.3 is 0 Å². The number of nitrogens with zero attached hydrogens (tertiary/aromatic N) is 2. The molecule has 0 atom stereocenters. The zero-order valence-electron chi connectivity index (χ0n) is 11.7. The Bertz CT molecular complexity index is 435. The van der Waals surface area contributed by atoms with Crippen LogP contribution in [0, 0.1) is 0 Å². The second kappa shape index (κ2) is 8.92. The molecule has 0 unspecified atom stereocenters. The van der Waals surface area contributed by atoms with Gasteiger partial charge in [-0.25, -0.2) is 0 Å². The summed E-state index contributed by atoms with van der Waals surface area (Å²) in [5, 5.41) is 11.4. The molecule has 0 spiro atoms. The van der Waals surface area contributed by atoms with Crippen LogP contribution in [0.5, 0.6) is 0 Å². The van der Waals surface area contributed by atoms with Crippen molar-refractivity contribution < 1.29 is 14.7 Å². The van der Waals surface area contributed by atoms with Crippen molar-refractivity contribution in [2.24, 2.45) is 10.9 Å². The highest BCUT2D eigenvalue weighted by Crippen LogP contribution is 2.04. The fraction of sp³-hybridized carbons (Fsp3) is 0.429. The van der Waals surface area contributed by atoms with Crippen molar-refractivity contribution in [3.8, 4) is 0 Å². The highest BCUT2D eigenvalue weighted by Gasteiger charge is 2.14. The molecule has 0 saturated heterocycles. The summed E-state index contributed by atoms with van der Waals surface area (Å²) in [6.07, 6.45) is 0.668. The van der Waals surface area contributed by atoms with E-state index >= 15 is 0 Å². The molecule has 0 bridgehead atoms. The molecule has 110 valence electrons. The maximum absolute atomic E-state index is 12.2. The van der Waals surface area contributed by atoms with Crippen LogP contribution in [0.1, 0.15) is 12.0 Å². The number of oxime groups is 1. The highest BCUT2D eigenvalue weighted by atomic mass is 16.5. The summed E-state index contributed by atoms with van der Waals surface area (Å²) in [5.41, 5.74) is 6.40. The molecular formula is C14H21N3O3. The molecule has 1 amide bonds. The molecule has 0 heterocycles. The van der Waals surface area contributed by atoms with E-state index in [4.69, 9.17) is 15.7 Å². The fourth-order valence-electron chi connectivity index (χ4n) is 1.74. The molecule has 0 fully saturated rings. The summed E-state index contributed by atoms with van der Waals surface area (Å²) in [5.74, 6) is 0.110. The van der Waals surface area contributed by atoms with E-state index < -0.39 is 0 Å². The van der Waals surface area contributed by atoms with Crippen molar-refractivity contribution in [1.82, 2.24) is 4.90 Å². The number of benzene rings is 1. The zero-order chi connectivity index (χ0) is 14.8. The molecule has 0 radical (unpaired) electrons. The number of nitrogens with two attached hydrogens (primary N) is 1. The Labute approximate surface area is 118 Å². The number of carbonyl (C=O) groups is 1. The number of rotatable bonds is 8. The van der Waals surface area contributed by atoms with Crippen molar-refractivity contribution in [2.75, 3.05) is 26.8 Å². The van der Waals surface area contributed by atoms with Crippen LogP contribution in [-0.4, -0.2) is 48.7 Å². The van der Waals surface area contributed by atoms with Gasteiger partial charge in [0.25, 0.3) is 0 Å². The van der Waals surface area contributed by atoms with Crippen LogP contribution >= 0.6 is 0 Å². The molecule has 6 nitrogen and oxygen atoms in total. The Morgan fingerprint density at radius 3 is 2.65 bits per heavy atom. The van der Waals surface area contributed by atoms with Gasteiger partial charge in [0.05, 0.1) is 13.0 Å². The van der Waals surface area contributed by atoms with E-state index in [1.165, 1.54) is 0 Å². The van der Waals surface area contributed by atoms with Gasteiger partial charge in [-0.05, 0) is 5.56 Å². The summed E-state index contributed by atoms with van der Waals surface area (Å²) < 4.78 is 5.00. The van der Waals surface area contributed by atoms with Crippen LogP contribution in [0.3, 0.4) is 0 Å². The van der Waals surface area contributed by atoms with Crippen LogP contribution in [-0.2, 0) is 16.0 Å². The molecule has 3 N–H and O–H groups in total. The SMILES string of the molecule is COCCN(CCC(N)=NO)C(=O)Cc1ccccc1. The smallest absolute Gasteiger partial charge is 0.227 e. The van der Waals surface area contributed by atoms with Gasteiger partial charge in [-0.2, -0.15) is 0 Å². The highest BCUT2D eigenvalue weighted by molar-refractivity contribution is 5.82. The van der Waals surface area contributed by atoms with E-state index in [2.05, 4.69) is 5.16 Å². The summed E-state index contributed by atoms with van der Waals surface area (Å²) in [4.78, 5) is 13.9. The van der Waals surface area contributed by atoms with E-state index in [-0.39, 0.29) is 11.7 Å². The average molecular weight is 279 g/mol. The van der Waals surface area contributed by atoms with E-state index in [0.717, 1.165) is 5.56 Å². The molecule has 0 aromatic heterocycles. The monoisotopic (exact) mass is 279 g/mol. The molecule has 1 aromatic carbocycles. The van der Waals surface area contributed by atoms with Crippen molar-refractivity contribution in [1.29, 1.82) is 0 Å². The molecular weight excluding hydrogens is 258 g/mol. The number of hydrogen-bond acceptors (Lipinski definition) is 4. The third-order valence-corrected chi connectivity index (χ3v) is 2.88. The van der Waals surface area contributed by atoms with E-state index in [1.807, 2.05) is 30.3 Å². The minimum absolute atomic E-state index is 0.000935. The Balaban J connectivity index is 2.59. The standard InChI is InChI=1S/C14H21N3O3/c1-20-10-9-17(8-7-13(15)16-19)14(18)11-12-5-3-2-4-6-12/h2-6,19H,7-11H2,1H3,(H2,15,16). The number of ether oxygens (including phenoxy) is 1. The molecule has 0 aliphatic heterocycles. The number of methoxy groups -OCH3 is 1. The summed E-state index contributed by atoms with van der Waals surface area (Å²) in [7, 11) is 1.59. The lowest BCUT2D eigenvalue weighted by Crippen LogP contribution is -2.37. The van der Waals surface area contributed by atoms with Crippen LogP contribution in [0.25, 0.3) is 0 Å². The van der Waals surface area contributed by atoms with Gasteiger partial charge in [0, 0.05) is 26.6 Å². The summed E-state index contributed by atoms with van der Waals surface area (Å²) in [6.45, 7) is 1.35. The quantitative estimate of drug-likeness (QED) is 0.319. The van der Waals surface area contributed by atoms with Crippen LogP contribution in [0.2, 0.25) is 0 Å². The Hall–Kier alpha value is -2.08. The first-order valence-electron chi connectivity index (χ1n) is 6.44. The van der Waals surface area contributed by atoms with E-state index in [0.29, 0.717) is 32.5 Å². The first-order chi connectivity index (χ1) is 9.67. The first kappa shape index (κ1) is 16.0. The van der Waals surface area contributed by atoms with Gasteiger partial charge in [-0.15, -0.1) is 0 Å². The third-order valence-electron chi connectivity index (χ3n) is 2.88. The number of amidine groups is 1. The predicted molar refractivity (Wildman–Crippen MR) is 76.6 cm³/mol. The summed E-state index contributed by atoms with van der Waals surface area (Å²) in [6, 6.07) is 9.54. The minimum Gasteiger partial charge on any atom is -0.409 e. The Kier molecular flexibility index (Phi) is 7.13. The Morgan fingerprint density at radius 1 is 1.35 bits per heavy atom. The molecule has 1 aromatic rings. The first-order valence-corrected chi connectivity index (χ1v) is 6.44. The lowest BCUT2D eigenvalue weighted by Gasteiger charge is -2.22. The third kappa shape index (κ3) is 5.71. The van der Waals surface area contributed by atoms with Crippen molar-refractivity contribution in [2.45, 2.75) is 12.8 Å². The maximum Gasteiger partial charge on any atom is 0.227 e. The van der Waals surface area contributed by atoms with Crippen molar-refractivity contribution in [3.05, 3.63) is 35.9 Å². The minimum atomic E-state index is -0.000935. The van der Waals surface area contributed by atoms with Crippen LogP contribution < -0.4 is 5.73 Å². The molecule has 0 aliphatic rings. The van der Waals surface area contributed by atoms with Crippen LogP contribution in [0.15, 0.2) is 35.5 Å². The normalized spacial score (nSPS) is 11.3. The Morgan fingerprint density at radius 2 is 2.05 bits per heavy atom. The van der Waals surface area contributed by atoms with Gasteiger partial charge in [-0.3, -0.25) is 4.79 Å². The average Bonchev–Trinajstić information content (AvgIpc) is 2.47. The fourth-order valence-corrected chi connectivity index (χ4v) is 1.74. The molecule has 20 heavy (non-hydrogen) atoms. The van der Waals surface area contributed by atoms with Gasteiger partial charge in [0.2, 0.25) is 5.91 Å². The summed E-state index contributed by atoms with van der Waals surface area (Å²) >= 11 is 0. The maximum atomic E-state index is 12.2. The molecule has 6 heteroatoms. The van der Waals surface area contributed by atoms with E-state index in [1.54, 1.807) is 12.0 Å². The molecule has 1 rings (SSSR count). The second-order valence-electron chi connectivity index (χ2n) is 4.38. The topological polar surface area (TPSA) is 88.2 Å². The number of hydrogen-bond donors (Lipinski definition) is 2. The van der Waals surface area contributed by atoms with Crippen LogP contribution in [0.4, 0.5) is 0 Å². The molecule has 0 aliphatic carbocycles. The lowest BCUT2D eigenvalue weighted by molar-refractivity contribution is -0.131. The number of amides is 1. The van der Waals surface area contributed by atoms with Gasteiger partial charge in [0.15, 0.2) is 0 Å². The number of carbonyl (C=O) groups excluding carboxylic acids is 1. The van der Waals surface area contributed by atoms with Crippen molar-refractivity contribution >= 4 is 11.7 Å². The van der Waals surface area contributed by atoms with Crippen molar-refractivity contribution in [3.63, 3.8) is 0 Å². The van der Waals surface area contributed by atoms with Gasteiger partial charge < -0.3 is 20.6 Å². The molecule has 0 saturated carbocycles. The predicted octanol–water partition coefficient (Wildman–Crippen LogP) is 0.841. The van der Waals surface area contributed by atoms with Gasteiger partial charge in [-0.1, -0.05) is 35.5 Å².